The Morgan fingerprint density at radius 2 is 1.68 bits per heavy atom. The Kier molecular flexibility index (Phi) is 4.22. The van der Waals surface area contributed by atoms with Crippen molar-refractivity contribution in [3.05, 3.63) is 74.6 Å². The molecule has 0 aliphatic heterocycles. The molecule has 0 aliphatic rings. The van der Waals surface area contributed by atoms with Crippen LogP contribution in [0.1, 0.15) is 5.69 Å². The Balaban J connectivity index is 1.90. The van der Waals surface area contributed by atoms with Crippen LogP contribution in [0.5, 0.6) is 0 Å². The van der Waals surface area contributed by atoms with Crippen LogP contribution in [0.15, 0.2) is 53.3 Å². The lowest BCUT2D eigenvalue weighted by Gasteiger charge is -2.12. The van der Waals surface area contributed by atoms with Crippen LogP contribution in [0, 0.1) is 0 Å². The van der Waals surface area contributed by atoms with Crippen LogP contribution >= 0.6 is 23.2 Å². The maximum atomic E-state index is 11.1. The smallest absolute Gasteiger partial charge is 0.264 e. The lowest BCUT2D eigenvalue weighted by Crippen LogP contribution is -2.01. The van der Waals surface area contributed by atoms with E-state index in [9.17, 15) is 4.79 Å². The molecule has 2 aromatic carbocycles. The summed E-state index contributed by atoms with van der Waals surface area (Å²) < 4.78 is 0. The Labute approximate surface area is 137 Å². The second kappa shape index (κ2) is 6.30. The third-order valence-corrected chi connectivity index (χ3v) is 3.66. The van der Waals surface area contributed by atoms with Crippen molar-refractivity contribution < 1.29 is 0 Å². The van der Waals surface area contributed by atoms with Crippen LogP contribution in [0.3, 0.4) is 0 Å². The summed E-state index contributed by atoms with van der Waals surface area (Å²) in [6.45, 7) is 0.504. The molecule has 4 nitrogen and oxygen atoms in total. The number of aromatic nitrogens is 2. The number of nitrogens with one attached hydrogen (secondary N) is 3. The Bertz CT molecular complexity index is 834. The minimum Gasteiger partial charge on any atom is -0.379 e. The van der Waals surface area contributed by atoms with E-state index in [1.54, 1.807) is 6.07 Å². The zero-order valence-electron chi connectivity index (χ0n) is 11.5. The summed E-state index contributed by atoms with van der Waals surface area (Å²) >= 11 is 12.2. The van der Waals surface area contributed by atoms with Crippen LogP contribution in [0.4, 0.5) is 5.69 Å². The van der Waals surface area contributed by atoms with Crippen LogP contribution < -0.4 is 10.9 Å². The number of halogens is 2. The van der Waals surface area contributed by atoms with Crippen molar-refractivity contribution in [3.63, 3.8) is 0 Å². The first-order chi connectivity index (χ1) is 10.6. The second-order valence-electron chi connectivity index (χ2n) is 4.84. The van der Waals surface area contributed by atoms with Crippen molar-refractivity contribution >= 4 is 28.9 Å². The quantitative estimate of drug-likeness (QED) is 0.667. The summed E-state index contributed by atoms with van der Waals surface area (Å²) in [5.74, 6) is 0. The van der Waals surface area contributed by atoms with E-state index in [1.165, 1.54) is 6.07 Å². The standard InChI is InChI=1S/C16H13Cl2N3O/c17-11-5-10(6-12(18)7-11)14-3-1-2-4-15(14)19-9-13-8-16(22)21-20-13/h1-8,19H,9H2,(H2,20,21,22). The number of hydrogen-bond donors (Lipinski definition) is 3. The number of aromatic amines is 2. The summed E-state index contributed by atoms with van der Waals surface area (Å²) in [5.41, 5.74) is 3.49. The summed E-state index contributed by atoms with van der Waals surface area (Å²) in [7, 11) is 0. The largest absolute Gasteiger partial charge is 0.379 e. The number of para-hydroxylation sites is 1. The highest BCUT2D eigenvalue weighted by molar-refractivity contribution is 6.35. The van der Waals surface area contributed by atoms with Gasteiger partial charge in [0.05, 0.1) is 12.2 Å². The van der Waals surface area contributed by atoms with Gasteiger partial charge in [0, 0.05) is 27.4 Å². The third-order valence-electron chi connectivity index (χ3n) is 3.22. The van der Waals surface area contributed by atoms with Gasteiger partial charge in [0.1, 0.15) is 0 Å². The molecule has 0 saturated carbocycles. The van der Waals surface area contributed by atoms with Crippen molar-refractivity contribution in [2.24, 2.45) is 0 Å². The van der Waals surface area contributed by atoms with Crippen LogP contribution in [0.2, 0.25) is 10.0 Å². The predicted octanol–water partition coefficient (Wildman–Crippen LogP) is 4.29. The van der Waals surface area contributed by atoms with Gasteiger partial charge in [0.2, 0.25) is 0 Å². The lowest BCUT2D eigenvalue weighted by molar-refractivity contribution is 0.970. The zero-order valence-corrected chi connectivity index (χ0v) is 13.0. The van der Waals surface area contributed by atoms with Crippen molar-refractivity contribution in [2.75, 3.05) is 5.32 Å². The normalized spacial score (nSPS) is 10.6. The van der Waals surface area contributed by atoms with E-state index in [0.717, 1.165) is 22.5 Å². The maximum Gasteiger partial charge on any atom is 0.264 e. The molecular weight excluding hydrogens is 321 g/mol. The number of rotatable bonds is 4. The monoisotopic (exact) mass is 333 g/mol. The minimum atomic E-state index is -0.147. The molecule has 3 N–H and O–H groups in total. The SMILES string of the molecule is O=c1cc(CNc2ccccc2-c2cc(Cl)cc(Cl)c2)[nH][nH]1. The molecule has 0 radical (unpaired) electrons. The summed E-state index contributed by atoms with van der Waals surface area (Å²) in [4.78, 5) is 11.1. The average molecular weight is 334 g/mol. The molecule has 0 bridgehead atoms. The van der Waals surface area contributed by atoms with Gasteiger partial charge in [-0.15, -0.1) is 0 Å². The Morgan fingerprint density at radius 3 is 2.36 bits per heavy atom. The van der Waals surface area contributed by atoms with Gasteiger partial charge in [-0.05, 0) is 29.8 Å². The van der Waals surface area contributed by atoms with Gasteiger partial charge in [-0.1, -0.05) is 41.4 Å². The van der Waals surface area contributed by atoms with E-state index >= 15 is 0 Å². The molecule has 0 unspecified atom stereocenters. The van der Waals surface area contributed by atoms with Gasteiger partial charge in [-0.3, -0.25) is 9.89 Å². The number of H-pyrrole nitrogens is 2. The van der Waals surface area contributed by atoms with E-state index in [-0.39, 0.29) is 5.56 Å². The fourth-order valence-electron chi connectivity index (χ4n) is 2.26. The average Bonchev–Trinajstić information content (AvgIpc) is 2.90. The highest BCUT2D eigenvalue weighted by Crippen LogP contribution is 2.32. The van der Waals surface area contributed by atoms with E-state index in [2.05, 4.69) is 15.5 Å². The number of hydrogen-bond acceptors (Lipinski definition) is 2. The zero-order chi connectivity index (χ0) is 15.5. The summed E-state index contributed by atoms with van der Waals surface area (Å²) in [5, 5.41) is 9.81. The molecule has 1 aromatic heterocycles. The second-order valence-corrected chi connectivity index (χ2v) is 5.71. The molecule has 22 heavy (non-hydrogen) atoms. The highest BCUT2D eigenvalue weighted by atomic mass is 35.5. The molecule has 0 fully saturated rings. The van der Waals surface area contributed by atoms with Crippen molar-refractivity contribution in [2.45, 2.75) is 6.54 Å². The molecular formula is C16H13Cl2N3O. The van der Waals surface area contributed by atoms with E-state index < -0.39 is 0 Å². The first-order valence-electron chi connectivity index (χ1n) is 6.68. The maximum absolute atomic E-state index is 11.1. The fraction of sp³-hybridized carbons (Fsp3) is 0.0625. The van der Waals surface area contributed by atoms with Crippen molar-refractivity contribution in [1.29, 1.82) is 0 Å². The van der Waals surface area contributed by atoms with Gasteiger partial charge in [-0.2, -0.15) is 0 Å². The van der Waals surface area contributed by atoms with Crippen LogP contribution in [-0.2, 0) is 6.54 Å². The van der Waals surface area contributed by atoms with E-state index in [1.807, 2.05) is 36.4 Å². The van der Waals surface area contributed by atoms with Gasteiger partial charge >= 0.3 is 0 Å². The molecule has 112 valence electrons. The summed E-state index contributed by atoms with van der Waals surface area (Å²) in [6, 6.07) is 14.8. The molecule has 0 amide bonds. The first-order valence-corrected chi connectivity index (χ1v) is 7.43. The van der Waals surface area contributed by atoms with Gasteiger partial charge in [0.25, 0.3) is 5.56 Å². The Morgan fingerprint density at radius 1 is 0.955 bits per heavy atom. The molecule has 0 atom stereocenters. The molecule has 1 heterocycles. The first kappa shape index (κ1) is 14.8. The van der Waals surface area contributed by atoms with Crippen LogP contribution in [-0.4, -0.2) is 10.2 Å². The molecule has 3 aromatic rings. The van der Waals surface area contributed by atoms with Gasteiger partial charge in [-0.25, -0.2) is 0 Å². The fourth-order valence-corrected chi connectivity index (χ4v) is 2.78. The Hall–Kier alpha value is -2.17. The molecule has 0 saturated heterocycles. The number of anilines is 1. The molecule has 0 aliphatic carbocycles. The van der Waals surface area contributed by atoms with Gasteiger partial charge in [0.15, 0.2) is 0 Å². The van der Waals surface area contributed by atoms with E-state index in [0.29, 0.717) is 16.6 Å². The third kappa shape index (κ3) is 3.35. The minimum absolute atomic E-state index is 0.147. The van der Waals surface area contributed by atoms with Crippen molar-refractivity contribution in [1.82, 2.24) is 10.2 Å². The lowest BCUT2D eigenvalue weighted by atomic mass is 10.0. The van der Waals surface area contributed by atoms with Crippen molar-refractivity contribution in [3.8, 4) is 11.1 Å². The summed E-state index contributed by atoms with van der Waals surface area (Å²) in [6.07, 6.45) is 0. The molecule has 6 heteroatoms. The number of benzene rings is 2. The molecule has 3 rings (SSSR count). The van der Waals surface area contributed by atoms with E-state index in [4.69, 9.17) is 23.2 Å². The topological polar surface area (TPSA) is 60.7 Å². The highest BCUT2D eigenvalue weighted by Gasteiger charge is 2.07. The molecule has 0 spiro atoms. The predicted molar refractivity (Wildman–Crippen MR) is 90.6 cm³/mol. The van der Waals surface area contributed by atoms with Crippen LogP contribution in [0.25, 0.3) is 11.1 Å². The van der Waals surface area contributed by atoms with Gasteiger partial charge < -0.3 is 10.4 Å².